The highest BCUT2D eigenvalue weighted by atomic mass is 35.5. The molecule has 1 amide bonds. The Morgan fingerprint density at radius 3 is 2.73 bits per heavy atom. The van der Waals surface area contributed by atoms with Crippen molar-refractivity contribution in [3.63, 3.8) is 0 Å². The first-order valence-corrected chi connectivity index (χ1v) is 7.87. The summed E-state index contributed by atoms with van der Waals surface area (Å²) in [6.45, 7) is 3.44. The van der Waals surface area contributed by atoms with Crippen molar-refractivity contribution in [1.29, 1.82) is 0 Å². The van der Waals surface area contributed by atoms with Gasteiger partial charge < -0.3 is 10.0 Å². The fraction of sp³-hybridized carbons (Fsp3) is 0.562. The summed E-state index contributed by atoms with van der Waals surface area (Å²) < 4.78 is 13.2. The third-order valence-electron chi connectivity index (χ3n) is 4.29. The highest BCUT2D eigenvalue weighted by Crippen LogP contribution is 2.24. The zero-order valence-electron chi connectivity index (χ0n) is 12.9. The minimum absolute atomic E-state index is 0.0440. The van der Waals surface area contributed by atoms with Gasteiger partial charge in [0.05, 0.1) is 17.7 Å². The van der Waals surface area contributed by atoms with E-state index in [-0.39, 0.29) is 29.6 Å². The minimum Gasteiger partial charge on any atom is -0.393 e. The Bertz CT molecular complexity index is 533. The van der Waals surface area contributed by atoms with Crippen molar-refractivity contribution in [2.24, 2.45) is 0 Å². The maximum atomic E-state index is 13.2. The van der Waals surface area contributed by atoms with Crippen molar-refractivity contribution < 1.29 is 14.3 Å². The molecule has 1 aromatic carbocycles. The lowest BCUT2D eigenvalue weighted by Gasteiger charge is -2.32. The van der Waals surface area contributed by atoms with Gasteiger partial charge in [-0.25, -0.2) is 4.39 Å². The largest absolute Gasteiger partial charge is 0.393 e. The number of hydrogen-bond donors (Lipinski definition) is 1. The summed E-state index contributed by atoms with van der Waals surface area (Å²) in [5.74, 6) is -0.391. The molecule has 1 N–H and O–H groups in total. The molecule has 1 aliphatic heterocycles. The Morgan fingerprint density at radius 1 is 1.50 bits per heavy atom. The molecule has 1 saturated heterocycles. The summed E-state index contributed by atoms with van der Waals surface area (Å²) in [4.78, 5) is 16.0. The van der Waals surface area contributed by atoms with Gasteiger partial charge in [-0.15, -0.1) is 0 Å². The van der Waals surface area contributed by atoms with Gasteiger partial charge in [0.2, 0.25) is 5.91 Å². The lowest BCUT2D eigenvalue weighted by atomic mass is 10.1. The molecule has 0 radical (unpaired) electrons. The van der Waals surface area contributed by atoms with Crippen LogP contribution < -0.4 is 0 Å². The summed E-state index contributed by atoms with van der Waals surface area (Å²) >= 11 is 5.81. The first kappa shape index (κ1) is 17.2. The number of carbonyl (C=O) groups is 1. The molecule has 122 valence electrons. The number of likely N-dealkylation sites (tertiary alicyclic amines) is 1. The number of halogens is 2. The van der Waals surface area contributed by atoms with Crippen molar-refractivity contribution in [2.45, 2.75) is 31.9 Å². The summed E-state index contributed by atoms with van der Waals surface area (Å²) in [7, 11) is 1.86. The van der Waals surface area contributed by atoms with Gasteiger partial charge in [-0.05, 0) is 44.5 Å². The number of rotatable bonds is 4. The molecule has 1 aromatic rings. The van der Waals surface area contributed by atoms with E-state index in [1.54, 1.807) is 17.0 Å². The van der Waals surface area contributed by atoms with Crippen LogP contribution in [0.1, 0.15) is 31.4 Å². The van der Waals surface area contributed by atoms with Gasteiger partial charge in [0.1, 0.15) is 5.82 Å². The molecular weight excluding hydrogens is 307 g/mol. The molecular formula is C16H22ClFN2O2. The molecule has 1 fully saturated rings. The lowest BCUT2D eigenvalue weighted by Crippen LogP contribution is -2.44. The van der Waals surface area contributed by atoms with E-state index in [4.69, 9.17) is 11.6 Å². The van der Waals surface area contributed by atoms with E-state index in [9.17, 15) is 14.3 Å². The van der Waals surface area contributed by atoms with Crippen molar-refractivity contribution in [3.8, 4) is 0 Å². The van der Waals surface area contributed by atoms with Crippen LogP contribution in [0.2, 0.25) is 5.02 Å². The highest BCUT2D eigenvalue weighted by Gasteiger charge is 2.23. The number of nitrogens with zero attached hydrogens (tertiary/aromatic N) is 2. The molecule has 1 aliphatic rings. The third kappa shape index (κ3) is 4.18. The predicted molar refractivity (Wildman–Crippen MR) is 84.3 cm³/mol. The molecule has 0 aliphatic carbocycles. The maximum absolute atomic E-state index is 13.2. The van der Waals surface area contributed by atoms with E-state index in [2.05, 4.69) is 0 Å². The van der Waals surface area contributed by atoms with Crippen LogP contribution in [0.5, 0.6) is 0 Å². The van der Waals surface area contributed by atoms with Crippen LogP contribution >= 0.6 is 11.6 Å². The lowest BCUT2D eigenvalue weighted by molar-refractivity contribution is -0.134. The fourth-order valence-electron chi connectivity index (χ4n) is 2.59. The Hall–Kier alpha value is -1.17. The van der Waals surface area contributed by atoms with E-state index in [0.29, 0.717) is 25.9 Å². The van der Waals surface area contributed by atoms with E-state index < -0.39 is 5.82 Å². The van der Waals surface area contributed by atoms with Gasteiger partial charge in [-0.2, -0.15) is 0 Å². The van der Waals surface area contributed by atoms with Crippen LogP contribution in [0.15, 0.2) is 18.2 Å². The highest BCUT2D eigenvalue weighted by molar-refractivity contribution is 6.30. The second-order valence-electron chi connectivity index (χ2n) is 5.88. The number of hydrogen-bond acceptors (Lipinski definition) is 3. The Labute approximate surface area is 135 Å². The van der Waals surface area contributed by atoms with Gasteiger partial charge >= 0.3 is 0 Å². The predicted octanol–water partition coefficient (Wildman–Crippen LogP) is 2.46. The van der Waals surface area contributed by atoms with E-state index in [0.717, 1.165) is 5.56 Å². The number of aliphatic hydroxyl groups is 1. The molecule has 0 bridgehead atoms. The van der Waals surface area contributed by atoms with Crippen LogP contribution in [-0.2, 0) is 4.79 Å². The van der Waals surface area contributed by atoms with Gasteiger partial charge in [-0.1, -0.05) is 17.7 Å². The normalized spacial score (nSPS) is 17.8. The number of piperidine rings is 1. The summed E-state index contributed by atoms with van der Waals surface area (Å²) in [6.07, 6.45) is 0.985. The SMILES string of the molecule is CC(c1ccc(F)c(Cl)c1)N(C)CC(=O)N1CCC(O)CC1. The number of aliphatic hydroxyl groups excluding tert-OH is 1. The van der Waals surface area contributed by atoms with Crippen molar-refractivity contribution in [1.82, 2.24) is 9.80 Å². The summed E-state index contributed by atoms with van der Waals surface area (Å²) in [6, 6.07) is 4.58. The summed E-state index contributed by atoms with van der Waals surface area (Å²) in [5.41, 5.74) is 0.871. The van der Waals surface area contributed by atoms with Crippen LogP contribution in [0.4, 0.5) is 4.39 Å². The molecule has 22 heavy (non-hydrogen) atoms. The van der Waals surface area contributed by atoms with Gasteiger partial charge in [0.15, 0.2) is 0 Å². The molecule has 1 unspecified atom stereocenters. The third-order valence-corrected chi connectivity index (χ3v) is 4.58. The van der Waals surface area contributed by atoms with Gasteiger partial charge in [-0.3, -0.25) is 9.69 Å². The molecule has 6 heteroatoms. The number of likely N-dealkylation sites (N-methyl/N-ethyl adjacent to an activating group) is 1. The maximum Gasteiger partial charge on any atom is 0.236 e. The Kier molecular flexibility index (Phi) is 5.78. The summed E-state index contributed by atoms with van der Waals surface area (Å²) in [5, 5.41) is 9.58. The monoisotopic (exact) mass is 328 g/mol. The molecule has 1 heterocycles. The Balaban J connectivity index is 1.94. The van der Waals surface area contributed by atoms with Gasteiger partial charge in [0.25, 0.3) is 0 Å². The van der Waals surface area contributed by atoms with Crippen molar-refractivity contribution >= 4 is 17.5 Å². The average molecular weight is 329 g/mol. The first-order valence-electron chi connectivity index (χ1n) is 7.49. The van der Waals surface area contributed by atoms with Crippen LogP contribution in [0.3, 0.4) is 0 Å². The number of carbonyl (C=O) groups excluding carboxylic acids is 1. The first-order chi connectivity index (χ1) is 10.4. The minimum atomic E-state index is -0.441. The van der Waals surface area contributed by atoms with Gasteiger partial charge in [0, 0.05) is 19.1 Å². The fourth-order valence-corrected chi connectivity index (χ4v) is 2.78. The molecule has 0 saturated carbocycles. The standard InChI is InChI=1S/C16H22ClFN2O2/c1-11(12-3-4-15(18)14(17)9-12)19(2)10-16(22)20-7-5-13(21)6-8-20/h3-4,9,11,13,21H,5-8,10H2,1-2H3. The van der Waals surface area contributed by atoms with E-state index in [1.807, 2.05) is 18.9 Å². The molecule has 0 spiro atoms. The van der Waals surface area contributed by atoms with Crippen LogP contribution in [-0.4, -0.2) is 53.6 Å². The topological polar surface area (TPSA) is 43.8 Å². The second-order valence-corrected chi connectivity index (χ2v) is 6.28. The van der Waals surface area contributed by atoms with E-state index in [1.165, 1.54) is 6.07 Å². The smallest absolute Gasteiger partial charge is 0.236 e. The molecule has 0 aromatic heterocycles. The molecule has 2 rings (SSSR count). The zero-order chi connectivity index (χ0) is 16.3. The number of amides is 1. The number of benzene rings is 1. The average Bonchev–Trinajstić information content (AvgIpc) is 2.49. The quantitative estimate of drug-likeness (QED) is 0.923. The van der Waals surface area contributed by atoms with Crippen LogP contribution in [0, 0.1) is 5.82 Å². The Morgan fingerprint density at radius 2 is 2.14 bits per heavy atom. The molecule has 1 atom stereocenters. The van der Waals surface area contributed by atoms with Crippen LogP contribution in [0.25, 0.3) is 0 Å². The van der Waals surface area contributed by atoms with E-state index >= 15 is 0 Å². The van der Waals surface area contributed by atoms with Crippen molar-refractivity contribution in [2.75, 3.05) is 26.7 Å². The van der Waals surface area contributed by atoms with Crippen molar-refractivity contribution in [3.05, 3.63) is 34.6 Å². The molecule has 4 nitrogen and oxygen atoms in total. The zero-order valence-corrected chi connectivity index (χ0v) is 13.7. The second kappa shape index (κ2) is 7.40.